The Morgan fingerprint density at radius 3 is 2.55 bits per heavy atom. The third kappa shape index (κ3) is 4.81. The molecule has 1 atom stereocenters. The van der Waals surface area contributed by atoms with Gasteiger partial charge in [0, 0.05) is 30.6 Å². The van der Waals surface area contributed by atoms with Crippen molar-refractivity contribution >= 4 is 28.5 Å². The van der Waals surface area contributed by atoms with Gasteiger partial charge in [-0.2, -0.15) is 5.10 Å². The van der Waals surface area contributed by atoms with Crippen molar-refractivity contribution < 1.29 is 9.59 Å². The van der Waals surface area contributed by atoms with Crippen molar-refractivity contribution in [3.63, 3.8) is 0 Å². The number of Topliss-reactive ketones (excluding diaryl/α,β-unsaturated/α-hetero) is 1. The molecular weight excluding hydrogens is 476 g/mol. The van der Waals surface area contributed by atoms with Crippen LogP contribution in [0.25, 0.3) is 22.3 Å². The van der Waals surface area contributed by atoms with Crippen LogP contribution in [0.3, 0.4) is 0 Å². The van der Waals surface area contributed by atoms with Crippen LogP contribution in [0.1, 0.15) is 52.4 Å². The van der Waals surface area contributed by atoms with E-state index in [1.807, 2.05) is 61.0 Å². The van der Waals surface area contributed by atoms with Gasteiger partial charge in [0.05, 0.1) is 11.4 Å². The number of fused-ring (bicyclic) bond motifs is 1. The van der Waals surface area contributed by atoms with Crippen LogP contribution in [0.5, 0.6) is 0 Å². The lowest BCUT2D eigenvalue weighted by Gasteiger charge is -2.32. The molecule has 0 radical (unpaired) electrons. The van der Waals surface area contributed by atoms with E-state index >= 15 is 0 Å². The Bertz CT molecular complexity index is 1500. The number of anilines is 1. The first kappa shape index (κ1) is 25.3. The molecular formula is C30H32N6O2. The van der Waals surface area contributed by atoms with Gasteiger partial charge in [-0.15, -0.1) is 0 Å². The van der Waals surface area contributed by atoms with E-state index in [1.165, 1.54) is 12.4 Å². The average molecular weight is 509 g/mol. The molecule has 1 aliphatic heterocycles. The van der Waals surface area contributed by atoms with Crippen LogP contribution < -0.4 is 5.73 Å². The minimum absolute atomic E-state index is 0.0200. The number of nitrogen functional groups attached to an aromatic ring is 1. The molecule has 1 aliphatic rings. The van der Waals surface area contributed by atoms with Crippen molar-refractivity contribution in [2.75, 3.05) is 18.8 Å². The first-order valence-corrected chi connectivity index (χ1v) is 13.0. The standard InChI is InChI=1S/C30H32N6O2/c1-4-25(38)35-16-6-9-23(17-35)36-30-27(29(31)32-18-33-30)28(34-36)22-13-10-21(11-14-22)12-15-24(37)26-19(2)7-5-8-20(26)3/h4-5,7-8,10-11,13-14,18,23H,1,6,9,12,15-17H2,2-3H3,(H2,31,32,33)/t23-/m1/s1. The van der Waals surface area contributed by atoms with Crippen LogP contribution >= 0.6 is 0 Å². The normalized spacial score (nSPS) is 15.5. The molecule has 2 aromatic carbocycles. The third-order valence-electron chi connectivity index (χ3n) is 7.37. The van der Waals surface area contributed by atoms with Crippen LogP contribution in [0.4, 0.5) is 5.82 Å². The molecule has 2 N–H and O–H groups in total. The molecule has 3 heterocycles. The maximum atomic E-state index is 12.9. The quantitative estimate of drug-likeness (QED) is 0.282. The van der Waals surface area contributed by atoms with Crippen LogP contribution in [0.2, 0.25) is 0 Å². The number of carbonyl (C=O) groups excluding carboxylic acids is 2. The van der Waals surface area contributed by atoms with Crippen molar-refractivity contribution in [3.05, 3.63) is 83.7 Å². The van der Waals surface area contributed by atoms with E-state index in [0.29, 0.717) is 48.5 Å². The lowest BCUT2D eigenvalue weighted by atomic mass is 9.95. The fourth-order valence-electron chi connectivity index (χ4n) is 5.40. The molecule has 1 fully saturated rings. The summed E-state index contributed by atoms with van der Waals surface area (Å²) in [5.41, 5.74) is 12.5. The number of ketones is 1. The molecule has 0 spiro atoms. The number of amides is 1. The summed E-state index contributed by atoms with van der Waals surface area (Å²) in [5, 5.41) is 5.65. The second-order valence-corrected chi connectivity index (χ2v) is 9.92. The Morgan fingerprint density at radius 1 is 1.11 bits per heavy atom. The first-order valence-electron chi connectivity index (χ1n) is 13.0. The number of likely N-dealkylation sites (tertiary alicyclic amines) is 1. The smallest absolute Gasteiger partial charge is 0.246 e. The summed E-state index contributed by atoms with van der Waals surface area (Å²) in [6, 6.07) is 14.0. The van der Waals surface area contributed by atoms with Crippen molar-refractivity contribution in [2.45, 2.75) is 45.6 Å². The van der Waals surface area contributed by atoms with Gasteiger partial charge in [-0.1, -0.05) is 49.0 Å². The number of nitrogens with two attached hydrogens (primary N) is 1. The third-order valence-corrected chi connectivity index (χ3v) is 7.37. The number of carbonyl (C=O) groups is 2. The van der Waals surface area contributed by atoms with E-state index in [9.17, 15) is 9.59 Å². The van der Waals surface area contributed by atoms with Crippen LogP contribution in [-0.4, -0.2) is 49.4 Å². The highest BCUT2D eigenvalue weighted by atomic mass is 16.2. The SMILES string of the molecule is C=CC(=O)N1CCC[C@@H](n2nc(-c3ccc(CCC(=O)c4c(C)cccc4C)cc3)c3c(N)ncnc32)C1. The molecule has 8 heteroatoms. The van der Waals surface area contributed by atoms with Crippen LogP contribution in [0.15, 0.2) is 61.4 Å². The molecule has 0 aliphatic carbocycles. The molecule has 38 heavy (non-hydrogen) atoms. The Hall–Kier alpha value is -4.33. The highest BCUT2D eigenvalue weighted by Crippen LogP contribution is 2.34. The summed E-state index contributed by atoms with van der Waals surface area (Å²) in [6.07, 6.45) is 5.66. The van der Waals surface area contributed by atoms with Crippen molar-refractivity contribution in [1.82, 2.24) is 24.6 Å². The summed E-state index contributed by atoms with van der Waals surface area (Å²) < 4.78 is 1.89. The first-order chi connectivity index (χ1) is 18.4. The minimum atomic E-state index is -0.0767. The minimum Gasteiger partial charge on any atom is -0.383 e. The highest BCUT2D eigenvalue weighted by molar-refractivity contribution is 5.99. The van der Waals surface area contributed by atoms with Crippen molar-refractivity contribution in [2.24, 2.45) is 0 Å². The maximum absolute atomic E-state index is 12.9. The Balaban J connectivity index is 1.40. The number of nitrogens with zero attached hydrogens (tertiary/aromatic N) is 5. The van der Waals surface area contributed by atoms with Gasteiger partial charge in [0.2, 0.25) is 5.91 Å². The average Bonchev–Trinajstić information content (AvgIpc) is 3.33. The van der Waals surface area contributed by atoms with Crippen LogP contribution in [-0.2, 0) is 11.2 Å². The second-order valence-electron chi connectivity index (χ2n) is 9.92. The molecule has 0 saturated carbocycles. The molecule has 194 valence electrons. The van der Waals surface area contributed by atoms with Crippen LogP contribution in [0, 0.1) is 13.8 Å². The Morgan fingerprint density at radius 2 is 1.84 bits per heavy atom. The summed E-state index contributed by atoms with van der Waals surface area (Å²) in [4.78, 5) is 35.7. The summed E-state index contributed by atoms with van der Waals surface area (Å²) in [6.45, 7) is 8.83. The van der Waals surface area contributed by atoms with Crippen molar-refractivity contribution in [1.29, 1.82) is 0 Å². The van der Waals surface area contributed by atoms with Crippen molar-refractivity contribution in [3.8, 4) is 11.3 Å². The zero-order valence-electron chi connectivity index (χ0n) is 21.9. The number of aryl methyl sites for hydroxylation is 3. The van der Waals surface area contributed by atoms with E-state index in [2.05, 4.69) is 16.5 Å². The number of hydrogen-bond acceptors (Lipinski definition) is 6. The summed E-state index contributed by atoms with van der Waals surface area (Å²) in [5.74, 6) is 0.456. The maximum Gasteiger partial charge on any atom is 0.246 e. The predicted octanol–water partition coefficient (Wildman–Crippen LogP) is 4.86. The molecule has 1 saturated heterocycles. The van der Waals surface area contributed by atoms with E-state index in [0.717, 1.165) is 40.7 Å². The zero-order valence-corrected chi connectivity index (χ0v) is 21.9. The number of hydrogen-bond donors (Lipinski definition) is 1. The summed E-state index contributed by atoms with van der Waals surface area (Å²) in [7, 11) is 0. The van der Waals surface area contributed by atoms with E-state index in [1.54, 1.807) is 4.90 Å². The Kier molecular flexibility index (Phi) is 7.05. The lowest BCUT2D eigenvalue weighted by molar-refractivity contribution is -0.127. The Labute approximate surface area is 222 Å². The van der Waals surface area contributed by atoms with E-state index in [4.69, 9.17) is 10.8 Å². The topological polar surface area (TPSA) is 107 Å². The molecule has 5 rings (SSSR count). The molecule has 0 unspecified atom stereocenters. The van der Waals surface area contributed by atoms with Gasteiger partial charge in [-0.05, 0) is 55.9 Å². The van der Waals surface area contributed by atoms with Gasteiger partial charge in [0.1, 0.15) is 17.8 Å². The number of aromatic nitrogens is 4. The number of piperidine rings is 1. The fourth-order valence-corrected chi connectivity index (χ4v) is 5.40. The van der Waals surface area contributed by atoms with Gasteiger partial charge in [0.15, 0.2) is 11.4 Å². The molecule has 8 nitrogen and oxygen atoms in total. The molecule has 0 bridgehead atoms. The highest BCUT2D eigenvalue weighted by Gasteiger charge is 2.28. The number of benzene rings is 2. The number of rotatable bonds is 7. The fraction of sp³-hybridized carbons (Fsp3) is 0.300. The van der Waals surface area contributed by atoms with Gasteiger partial charge < -0.3 is 10.6 Å². The largest absolute Gasteiger partial charge is 0.383 e. The summed E-state index contributed by atoms with van der Waals surface area (Å²) >= 11 is 0. The lowest BCUT2D eigenvalue weighted by Crippen LogP contribution is -2.40. The predicted molar refractivity (Wildman–Crippen MR) is 149 cm³/mol. The van der Waals surface area contributed by atoms with Gasteiger partial charge in [0.25, 0.3) is 0 Å². The van der Waals surface area contributed by atoms with E-state index < -0.39 is 0 Å². The zero-order chi connectivity index (χ0) is 26.8. The van der Waals surface area contributed by atoms with E-state index in [-0.39, 0.29) is 17.7 Å². The van der Waals surface area contributed by atoms with Gasteiger partial charge in [-0.25, -0.2) is 14.6 Å². The second kappa shape index (κ2) is 10.6. The van der Waals surface area contributed by atoms with Gasteiger partial charge in [-0.3, -0.25) is 9.59 Å². The molecule has 1 amide bonds. The monoisotopic (exact) mass is 508 g/mol. The van der Waals surface area contributed by atoms with Gasteiger partial charge >= 0.3 is 0 Å². The molecule has 4 aromatic rings. The molecule has 2 aromatic heterocycles.